The van der Waals surface area contributed by atoms with Crippen LogP contribution in [-0.4, -0.2) is 19.7 Å². The van der Waals surface area contributed by atoms with Crippen molar-refractivity contribution in [3.05, 3.63) is 37.8 Å². The van der Waals surface area contributed by atoms with Gasteiger partial charge in [0.05, 0.1) is 5.39 Å². The summed E-state index contributed by atoms with van der Waals surface area (Å²) in [5.41, 5.74) is 1.20. The van der Waals surface area contributed by atoms with Gasteiger partial charge in [-0.2, -0.15) is 4.98 Å². The minimum atomic E-state index is -0.00679. The lowest BCUT2D eigenvalue weighted by Crippen LogP contribution is -2.23. The van der Waals surface area contributed by atoms with Gasteiger partial charge in [-0.1, -0.05) is 5.16 Å². The zero-order chi connectivity index (χ0) is 14.4. The van der Waals surface area contributed by atoms with Crippen LogP contribution in [0.25, 0.3) is 10.2 Å². The highest BCUT2D eigenvalue weighted by Crippen LogP contribution is 2.34. The molecule has 0 aliphatic heterocycles. The van der Waals surface area contributed by atoms with Gasteiger partial charge in [-0.05, 0) is 37.0 Å². The lowest BCUT2D eigenvalue weighted by molar-refractivity contribution is 0.369. The smallest absolute Gasteiger partial charge is 0.263 e. The lowest BCUT2D eigenvalue weighted by atomic mass is 10.2. The van der Waals surface area contributed by atoms with Crippen LogP contribution in [0.4, 0.5) is 0 Å². The monoisotopic (exact) mass is 320 g/mol. The Bertz CT molecular complexity index is 920. The van der Waals surface area contributed by atoms with E-state index in [1.165, 1.54) is 16.8 Å². The van der Waals surface area contributed by atoms with Crippen molar-refractivity contribution in [3.63, 3.8) is 0 Å². The summed E-state index contributed by atoms with van der Waals surface area (Å²) in [6.45, 7) is 0.441. The minimum absolute atomic E-state index is 0.00679. The number of hydrogen-bond acceptors (Lipinski definition) is 6. The van der Waals surface area contributed by atoms with Crippen LogP contribution in [0.2, 0.25) is 0 Å². The first-order valence-electron chi connectivity index (χ1n) is 6.77. The molecule has 0 amide bonds. The van der Waals surface area contributed by atoms with E-state index in [0.29, 0.717) is 23.6 Å². The summed E-state index contributed by atoms with van der Waals surface area (Å²) in [5, 5.41) is 4.37. The number of nitrogens with zero attached hydrogens (tertiary/aromatic N) is 3. The van der Waals surface area contributed by atoms with Crippen molar-refractivity contribution >= 4 is 33.8 Å². The molecule has 4 rings (SSSR count). The number of aromatic amines is 1. The maximum atomic E-state index is 12.7. The summed E-state index contributed by atoms with van der Waals surface area (Å²) in [7, 11) is 0. The highest BCUT2D eigenvalue weighted by molar-refractivity contribution is 7.71. The third kappa shape index (κ3) is 2.06. The maximum Gasteiger partial charge on any atom is 0.263 e. The third-order valence-corrected chi connectivity index (χ3v) is 5.33. The van der Waals surface area contributed by atoms with Gasteiger partial charge in [-0.3, -0.25) is 9.36 Å². The predicted molar refractivity (Wildman–Crippen MR) is 81.3 cm³/mol. The van der Waals surface area contributed by atoms with E-state index in [4.69, 9.17) is 16.7 Å². The van der Waals surface area contributed by atoms with Crippen LogP contribution >= 0.6 is 23.6 Å². The van der Waals surface area contributed by atoms with Crippen LogP contribution in [0.5, 0.6) is 0 Å². The Balaban J connectivity index is 1.81. The molecule has 1 aliphatic rings. The molecule has 1 N–H and O–H groups in total. The molecule has 0 spiro atoms. The van der Waals surface area contributed by atoms with Crippen molar-refractivity contribution in [2.45, 2.75) is 32.2 Å². The quantitative estimate of drug-likeness (QED) is 0.749. The molecule has 3 aromatic heterocycles. The number of nitrogens with one attached hydrogen (secondary N) is 1. The van der Waals surface area contributed by atoms with E-state index < -0.39 is 0 Å². The molecule has 0 fully saturated rings. The fourth-order valence-electron chi connectivity index (χ4n) is 2.83. The topological polar surface area (TPSA) is 76.7 Å². The van der Waals surface area contributed by atoms with Crippen LogP contribution in [0, 0.1) is 4.77 Å². The molecule has 0 saturated carbocycles. The number of H-pyrrole nitrogens is 1. The van der Waals surface area contributed by atoms with Crippen LogP contribution in [0.3, 0.4) is 0 Å². The van der Waals surface area contributed by atoms with Crippen LogP contribution in [-0.2, 0) is 25.8 Å². The second-order valence-electron chi connectivity index (χ2n) is 5.03. The van der Waals surface area contributed by atoms with E-state index in [1.807, 2.05) is 0 Å². The Morgan fingerprint density at radius 2 is 2.38 bits per heavy atom. The minimum Gasteiger partial charge on any atom is -0.340 e. The SMILES string of the molecule is O=c1c2c3c(sc2[nH]c(=S)n1CCc1ncno1)CCC3. The largest absolute Gasteiger partial charge is 0.340 e. The van der Waals surface area contributed by atoms with Gasteiger partial charge >= 0.3 is 0 Å². The van der Waals surface area contributed by atoms with Crippen molar-refractivity contribution < 1.29 is 4.52 Å². The number of fused-ring (bicyclic) bond motifs is 3. The first kappa shape index (κ1) is 12.9. The predicted octanol–water partition coefficient (Wildman–Crippen LogP) is 2.23. The second-order valence-corrected chi connectivity index (χ2v) is 6.53. The average molecular weight is 320 g/mol. The summed E-state index contributed by atoms with van der Waals surface area (Å²) in [5.74, 6) is 0.506. The molecule has 8 heteroatoms. The number of rotatable bonds is 3. The first-order valence-corrected chi connectivity index (χ1v) is 7.99. The van der Waals surface area contributed by atoms with Crippen molar-refractivity contribution in [1.29, 1.82) is 0 Å². The Hall–Kier alpha value is -1.80. The second kappa shape index (κ2) is 4.88. The van der Waals surface area contributed by atoms with Crippen LogP contribution < -0.4 is 5.56 Å². The van der Waals surface area contributed by atoms with E-state index in [-0.39, 0.29) is 5.56 Å². The fourth-order valence-corrected chi connectivity index (χ4v) is 4.45. The van der Waals surface area contributed by atoms with Gasteiger partial charge in [0, 0.05) is 17.8 Å². The number of aryl methyl sites for hydroxylation is 3. The Morgan fingerprint density at radius 1 is 1.48 bits per heavy atom. The van der Waals surface area contributed by atoms with Crippen LogP contribution in [0.15, 0.2) is 15.6 Å². The van der Waals surface area contributed by atoms with E-state index in [1.54, 1.807) is 15.9 Å². The van der Waals surface area contributed by atoms with Gasteiger partial charge in [-0.25, -0.2) is 0 Å². The van der Waals surface area contributed by atoms with Gasteiger partial charge < -0.3 is 9.51 Å². The molecule has 108 valence electrons. The van der Waals surface area contributed by atoms with E-state index in [9.17, 15) is 4.79 Å². The molecule has 3 aromatic rings. The summed E-state index contributed by atoms with van der Waals surface area (Å²) in [6.07, 6.45) is 5.03. The van der Waals surface area contributed by atoms with Gasteiger partial charge in [0.2, 0.25) is 5.89 Å². The molecule has 21 heavy (non-hydrogen) atoms. The van der Waals surface area contributed by atoms with Gasteiger partial charge in [-0.15, -0.1) is 11.3 Å². The third-order valence-electron chi connectivity index (χ3n) is 3.80. The Morgan fingerprint density at radius 3 is 3.19 bits per heavy atom. The van der Waals surface area contributed by atoms with Gasteiger partial charge in [0.25, 0.3) is 5.56 Å². The van der Waals surface area contributed by atoms with Crippen LogP contribution in [0.1, 0.15) is 22.8 Å². The Labute approximate surface area is 128 Å². The molecule has 0 radical (unpaired) electrons. The zero-order valence-corrected chi connectivity index (χ0v) is 12.7. The van der Waals surface area contributed by atoms with Crippen molar-refractivity contribution in [1.82, 2.24) is 19.7 Å². The van der Waals surface area contributed by atoms with Crippen molar-refractivity contribution in [3.8, 4) is 0 Å². The number of thiophene rings is 1. The summed E-state index contributed by atoms with van der Waals surface area (Å²) in [6, 6.07) is 0. The lowest BCUT2D eigenvalue weighted by Gasteiger charge is -2.05. The highest BCUT2D eigenvalue weighted by atomic mass is 32.1. The summed E-state index contributed by atoms with van der Waals surface area (Å²) >= 11 is 6.98. The highest BCUT2D eigenvalue weighted by Gasteiger charge is 2.21. The first-order chi connectivity index (χ1) is 10.2. The maximum absolute atomic E-state index is 12.7. The fraction of sp³-hybridized carbons (Fsp3) is 0.385. The molecular weight excluding hydrogens is 308 g/mol. The molecule has 0 atom stereocenters. The standard InChI is InChI=1S/C13H12N4O2S2/c18-12-10-7-2-1-3-8(7)21-11(10)16-13(20)17(12)5-4-9-14-6-15-19-9/h6H,1-5H2,(H,16,20). The molecule has 1 aliphatic carbocycles. The summed E-state index contributed by atoms with van der Waals surface area (Å²) in [4.78, 5) is 22.1. The van der Waals surface area contributed by atoms with Crippen molar-refractivity contribution in [2.24, 2.45) is 0 Å². The summed E-state index contributed by atoms with van der Waals surface area (Å²) < 4.78 is 7.00. The molecule has 6 nitrogen and oxygen atoms in total. The van der Waals surface area contributed by atoms with E-state index in [2.05, 4.69) is 15.1 Å². The van der Waals surface area contributed by atoms with E-state index >= 15 is 0 Å². The number of aromatic nitrogens is 4. The number of hydrogen-bond donors (Lipinski definition) is 1. The van der Waals surface area contributed by atoms with E-state index in [0.717, 1.165) is 29.5 Å². The molecular formula is C13H12N4O2S2. The van der Waals surface area contributed by atoms with Crippen molar-refractivity contribution in [2.75, 3.05) is 0 Å². The van der Waals surface area contributed by atoms with Gasteiger partial charge in [0.1, 0.15) is 4.83 Å². The average Bonchev–Trinajstić information content (AvgIpc) is 3.13. The molecule has 0 aromatic carbocycles. The van der Waals surface area contributed by atoms with Gasteiger partial charge in [0.15, 0.2) is 11.1 Å². The molecule has 0 unspecified atom stereocenters. The molecule has 3 heterocycles. The normalized spacial score (nSPS) is 13.9. The zero-order valence-electron chi connectivity index (χ0n) is 11.1. The Kier molecular flexibility index (Phi) is 3.00. The molecule has 0 saturated heterocycles. The molecule has 0 bridgehead atoms.